The quantitative estimate of drug-likeness (QED) is 0.832. The number of hydrogen-bond acceptors (Lipinski definition) is 3. The summed E-state index contributed by atoms with van der Waals surface area (Å²) in [5, 5.41) is 14.8. The van der Waals surface area contributed by atoms with Crippen LogP contribution in [0.3, 0.4) is 0 Å². The molecule has 0 spiro atoms. The van der Waals surface area contributed by atoms with Gasteiger partial charge in [-0.05, 0) is 38.9 Å². The number of aromatic nitrogens is 4. The largest absolute Gasteiger partial charge is 0.391 e. The molecular weight excluding hydrogens is 260 g/mol. The highest BCUT2D eigenvalue weighted by Crippen LogP contribution is 2.32. The molecule has 3 rings (SSSR count). The van der Waals surface area contributed by atoms with Gasteiger partial charge in [0.1, 0.15) is 5.52 Å². The molecule has 19 heavy (non-hydrogen) atoms. The van der Waals surface area contributed by atoms with Gasteiger partial charge in [0.25, 0.3) is 0 Å². The minimum Gasteiger partial charge on any atom is -0.391 e. The summed E-state index contributed by atoms with van der Waals surface area (Å²) in [6, 6.07) is 0.0800. The summed E-state index contributed by atoms with van der Waals surface area (Å²) in [5.41, 5.74) is 2.99. The van der Waals surface area contributed by atoms with Crippen LogP contribution in [-0.2, 0) is 6.54 Å². The number of nitrogens with zero attached hydrogens (tertiary/aromatic N) is 3. The lowest BCUT2D eigenvalue weighted by Gasteiger charge is -2.29. The number of aromatic amines is 1. The molecule has 0 bridgehead atoms. The Morgan fingerprint density at radius 1 is 1.42 bits per heavy atom. The maximum Gasteiger partial charge on any atom is 0.179 e. The fourth-order valence-corrected chi connectivity index (χ4v) is 3.47. The molecule has 0 aromatic carbocycles. The summed E-state index contributed by atoms with van der Waals surface area (Å²) >= 11 is 5.46. The molecule has 5 nitrogen and oxygen atoms in total. The number of aryl methyl sites for hydroxylation is 2. The molecule has 2 aromatic heterocycles. The fraction of sp³-hybridized carbons (Fsp3) is 0.692. The summed E-state index contributed by atoms with van der Waals surface area (Å²) in [4.78, 5) is 3.25. The average molecular weight is 280 g/mol. The van der Waals surface area contributed by atoms with Gasteiger partial charge in [0.05, 0.1) is 17.8 Å². The third-order valence-corrected chi connectivity index (χ3v) is 4.40. The first-order valence-electron chi connectivity index (χ1n) is 6.99. The van der Waals surface area contributed by atoms with Gasteiger partial charge in [-0.3, -0.25) is 4.57 Å². The van der Waals surface area contributed by atoms with Crippen molar-refractivity contribution in [2.24, 2.45) is 0 Å². The van der Waals surface area contributed by atoms with E-state index in [4.69, 9.17) is 12.2 Å². The van der Waals surface area contributed by atoms with E-state index in [0.29, 0.717) is 4.77 Å². The van der Waals surface area contributed by atoms with Gasteiger partial charge < -0.3 is 10.1 Å². The van der Waals surface area contributed by atoms with E-state index in [-0.39, 0.29) is 12.1 Å². The molecule has 2 aromatic rings. The molecular formula is C13H20N4OS. The van der Waals surface area contributed by atoms with Gasteiger partial charge in [-0.1, -0.05) is 12.8 Å². The standard InChI is InChI=1S/C13H20N4OS/c1-3-16-12-11(8(2)15-16)14-13(19)17(12)9-6-4-5-7-10(9)18/h9-10,18H,3-7H2,1-2H3,(H,14,19). The Kier molecular flexibility index (Phi) is 3.22. The van der Waals surface area contributed by atoms with Gasteiger partial charge in [0.2, 0.25) is 0 Å². The van der Waals surface area contributed by atoms with Crippen molar-refractivity contribution < 1.29 is 5.11 Å². The predicted molar refractivity (Wildman–Crippen MR) is 76.8 cm³/mol. The minimum atomic E-state index is -0.306. The van der Waals surface area contributed by atoms with Crippen LogP contribution in [0.15, 0.2) is 0 Å². The summed E-state index contributed by atoms with van der Waals surface area (Å²) in [5.74, 6) is 0. The van der Waals surface area contributed by atoms with Crippen LogP contribution in [0.1, 0.15) is 44.3 Å². The van der Waals surface area contributed by atoms with Gasteiger partial charge in [-0.2, -0.15) is 5.10 Å². The molecule has 1 aliphatic carbocycles. The van der Waals surface area contributed by atoms with E-state index in [1.54, 1.807) is 0 Å². The number of hydrogen-bond donors (Lipinski definition) is 2. The summed E-state index contributed by atoms with van der Waals surface area (Å²) in [6.07, 6.45) is 3.79. The van der Waals surface area contributed by atoms with Crippen molar-refractivity contribution in [1.82, 2.24) is 19.3 Å². The lowest BCUT2D eigenvalue weighted by Crippen LogP contribution is -2.28. The lowest BCUT2D eigenvalue weighted by molar-refractivity contribution is 0.0761. The van der Waals surface area contributed by atoms with Crippen molar-refractivity contribution in [2.45, 2.75) is 58.2 Å². The van der Waals surface area contributed by atoms with Crippen LogP contribution in [0.25, 0.3) is 11.2 Å². The SMILES string of the molecule is CCn1nc(C)c2[nH]c(=S)n(C3CCCCC3O)c21. The van der Waals surface area contributed by atoms with E-state index in [1.165, 1.54) is 0 Å². The Hall–Kier alpha value is -1.14. The molecule has 2 heterocycles. The van der Waals surface area contributed by atoms with Crippen LogP contribution in [0, 0.1) is 11.7 Å². The second-order valence-corrected chi connectivity index (χ2v) is 5.71. The van der Waals surface area contributed by atoms with Crippen LogP contribution < -0.4 is 0 Å². The van der Waals surface area contributed by atoms with Gasteiger partial charge in [-0.15, -0.1) is 0 Å². The first-order valence-corrected chi connectivity index (χ1v) is 7.40. The van der Waals surface area contributed by atoms with Crippen molar-refractivity contribution in [2.75, 3.05) is 0 Å². The van der Waals surface area contributed by atoms with Gasteiger partial charge >= 0.3 is 0 Å². The highest BCUT2D eigenvalue weighted by molar-refractivity contribution is 7.71. The zero-order chi connectivity index (χ0) is 13.6. The number of imidazole rings is 1. The number of H-pyrrole nitrogens is 1. The minimum absolute atomic E-state index is 0.0800. The Bertz CT molecular complexity index is 653. The van der Waals surface area contributed by atoms with E-state index in [0.717, 1.165) is 49.1 Å². The average Bonchev–Trinajstić information content (AvgIpc) is 2.88. The molecule has 0 aliphatic heterocycles. The first kappa shape index (κ1) is 12.9. The number of rotatable bonds is 2. The zero-order valence-electron chi connectivity index (χ0n) is 11.4. The molecule has 104 valence electrons. The highest BCUT2D eigenvalue weighted by Gasteiger charge is 2.28. The van der Waals surface area contributed by atoms with Crippen molar-refractivity contribution in [1.29, 1.82) is 0 Å². The maximum absolute atomic E-state index is 10.3. The Balaban J connectivity index is 2.21. The number of nitrogens with one attached hydrogen (secondary N) is 1. The molecule has 2 N–H and O–H groups in total. The van der Waals surface area contributed by atoms with E-state index >= 15 is 0 Å². The van der Waals surface area contributed by atoms with Crippen molar-refractivity contribution in [3.05, 3.63) is 10.5 Å². The number of aliphatic hydroxyl groups is 1. The topological polar surface area (TPSA) is 58.8 Å². The third-order valence-electron chi connectivity index (χ3n) is 4.10. The Morgan fingerprint density at radius 2 is 2.16 bits per heavy atom. The number of fused-ring (bicyclic) bond motifs is 1. The monoisotopic (exact) mass is 280 g/mol. The summed E-state index contributed by atoms with van der Waals surface area (Å²) < 4.78 is 4.75. The van der Waals surface area contributed by atoms with Crippen LogP contribution in [0.4, 0.5) is 0 Å². The Labute approximate surface area is 117 Å². The predicted octanol–water partition coefficient (Wildman–Crippen LogP) is 2.70. The summed E-state index contributed by atoms with van der Waals surface area (Å²) in [7, 11) is 0. The first-order chi connectivity index (χ1) is 9.13. The third kappa shape index (κ3) is 1.94. The van der Waals surface area contributed by atoms with E-state index in [1.807, 2.05) is 11.6 Å². The van der Waals surface area contributed by atoms with Crippen LogP contribution in [0.5, 0.6) is 0 Å². The van der Waals surface area contributed by atoms with E-state index in [2.05, 4.69) is 21.6 Å². The number of aliphatic hydroxyl groups excluding tert-OH is 1. The van der Waals surface area contributed by atoms with Crippen LogP contribution in [-0.4, -0.2) is 30.5 Å². The lowest BCUT2D eigenvalue weighted by atomic mass is 9.92. The van der Waals surface area contributed by atoms with Crippen molar-refractivity contribution in [3.8, 4) is 0 Å². The normalized spacial score (nSPS) is 24.2. The van der Waals surface area contributed by atoms with Crippen LogP contribution >= 0.6 is 12.2 Å². The second kappa shape index (κ2) is 4.76. The Morgan fingerprint density at radius 3 is 2.84 bits per heavy atom. The maximum atomic E-state index is 10.3. The molecule has 1 fully saturated rings. The van der Waals surface area contributed by atoms with Gasteiger partial charge in [-0.25, -0.2) is 4.68 Å². The van der Waals surface area contributed by atoms with E-state index < -0.39 is 0 Å². The molecule has 2 unspecified atom stereocenters. The smallest absolute Gasteiger partial charge is 0.179 e. The zero-order valence-corrected chi connectivity index (χ0v) is 12.2. The second-order valence-electron chi connectivity index (χ2n) is 5.32. The summed E-state index contributed by atoms with van der Waals surface area (Å²) in [6.45, 7) is 4.87. The molecule has 0 saturated heterocycles. The van der Waals surface area contributed by atoms with Crippen molar-refractivity contribution in [3.63, 3.8) is 0 Å². The molecule has 2 atom stereocenters. The molecule has 1 saturated carbocycles. The molecule has 0 radical (unpaired) electrons. The fourth-order valence-electron chi connectivity index (χ4n) is 3.14. The molecule has 0 amide bonds. The van der Waals surface area contributed by atoms with E-state index in [9.17, 15) is 5.11 Å². The van der Waals surface area contributed by atoms with Gasteiger partial charge in [0.15, 0.2) is 10.4 Å². The molecule has 6 heteroatoms. The van der Waals surface area contributed by atoms with Crippen molar-refractivity contribution >= 4 is 23.4 Å². The molecule has 1 aliphatic rings. The highest BCUT2D eigenvalue weighted by atomic mass is 32.1. The van der Waals surface area contributed by atoms with Crippen LogP contribution in [0.2, 0.25) is 0 Å². The van der Waals surface area contributed by atoms with Gasteiger partial charge in [0, 0.05) is 6.54 Å².